The SMILES string of the molecule is CN(C(=O)c1cc2cc(OC(F)F)c(OC(F)F)cc2s1)c1ccccc1C(=O)O. The first-order valence-electron chi connectivity index (χ1n) is 8.25. The molecule has 0 unspecified atom stereocenters. The van der Waals surface area contributed by atoms with Gasteiger partial charge in [-0.15, -0.1) is 11.3 Å². The first kappa shape index (κ1) is 21.4. The van der Waals surface area contributed by atoms with Crippen LogP contribution in [0.2, 0.25) is 0 Å². The number of amides is 1. The van der Waals surface area contributed by atoms with E-state index >= 15 is 0 Å². The van der Waals surface area contributed by atoms with E-state index in [2.05, 4.69) is 9.47 Å². The van der Waals surface area contributed by atoms with Crippen molar-refractivity contribution in [1.29, 1.82) is 0 Å². The summed E-state index contributed by atoms with van der Waals surface area (Å²) in [6, 6.07) is 9.39. The van der Waals surface area contributed by atoms with Gasteiger partial charge in [0.15, 0.2) is 11.5 Å². The highest BCUT2D eigenvalue weighted by atomic mass is 32.1. The second-order valence-electron chi connectivity index (χ2n) is 5.89. The minimum absolute atomic E-state index is 0.0882. The van der Waals surface area contributed by atoms with E-state index in [4.69, 9.17) is 0 Å². The Morgan fingerprint density at radius 2 is 1.60 bits per heavy atom. The molecule has 0 bridgehead atoms. The largest absolute Gasteiger partial charge is 0.478 e. The quantitative estimate of drug-likeness (QED) is 0.516. The third kappa shape index (κ3) is 4.46. The molecule has 1 heterocycles. The van der Waals surface area contributed by atoms with Crippen LogP contribution in [0.1, 0.15) is 20.0 Å². The zero-order valence-electron chi connectivity index (χ0n) is 15.1. The average molecular weight is 443 g/mol. The number of carboxylic acids is 1. The Morgan fingerprint density at radius 3 is 2.20 bits per heavy atom. The lowest BCUT2D eigenvalue weighted by Gasteiger charge is -2.18. The average Bonchev–Trinajstić information content (AvgIpc) is 3.08. The molecular formula is C19H13F4NO5S. The maximum absolute atomic E-state index is 12.9. The van der Waals surface area contributed by atoms with Gasteiger partial charge in [-0.25, -0.2) is 4.79 Å². The Morgan fingerprint density at radius 1 is 1.00 bits per heavy atom. The summed E-state index contributed by atoms with van der Waals surface area (Å²) >= 11 is 0.905. The maximum atomic E-state index is 12.9. The number of alkyl halides is 4. The molecule has 1 amide bonds. The molecule has 1 N–H and O–H groups in total. The molecule has 0 aliphatic rings. The van der Waals surface area contributed by atoms with Crippen molar-refractivity contribution in [3.63, 3.8) is 0 Å². The van der Waals surface area contributed by atoms with E-state index in [9.17, 15) is 32.3 Å². The number of aromatic carboxylic acids is 1. The molecule has 0 aliphatic carbocycles. The molecule has 30 heavy (non-hydrogen) atoms. The third-order valence-corrected chi connectivity index (χ3v) is 5.11. The van der Waals surface area contributed by atoms with Gasteiger partial charge in [0.1, 0.15) is 0 Å². The van der Waals surface area contributed by atoms with E-state index < -0.39 is 36.6 Å². The molecule has 0 atom stereocenters. The van der Waals surface area contributed by atoms with Crippen LogP contribution in [0.5, 0.6) is 11.5 Å². The van der Waals surface area contributed by atoms with Crippen molar-refractivity contribution in [3.05, 3.63) is 52.9 Å². The number of thiophene rings is 1. The van der Waals surface area contributed by atoms with Gasteiger partial charge >= 0.3 is 19.2 Å². The van der Waals surface area contributed by atoms with Gasteiger partial charge in [-0.2, -0.15) is 17.6 Å². The summed E-state index contributed by atoms with van der Waals surface area (Å²) in [6.07, 6.45) is 0. The van der Waals surface area contributed by atoms with Crippen molar-refractivity contribution in [2.75, 3.05) is 11.9 Å². The van der Waals surface area contributed by atoms with Gasteiger partial charge < -0.3 is 19.5 Å². The molecule has 0 spiro atoms. The molecule has 0 saturated carbocycles. The van der Waals surface area contributed by atoms with Crippen LogP contribution < -0.4 is 14.4 Å². The number of nitrogens with zero attached hydrogens (tertiary/aromatic N) is 1. The van der Waals surface area contributed by atoms with Crippen LogP contribution in [0.15, 0.2) is 42.5 Å². The number of halogens is 4. The topological polar surface area (TPSA) is 76.1 Å². The summed E-state index contributed by atoms with van der Waals surface area (Å²) < 4.78 is 59.2. The van der Waals surface area contributed by atoms with Crippen molar-refractivity contribution in [2.24, 2.45) is 0 Å². The van der Waals surface area contributed by atoms with E-state index in [-0.39, 0.29) is 16.1 Å². The summed E-state index contributed by atoms with van der Waals surface area (Å²) in [7, 11) is 1.38. The Balaban J connectivity index is 2.00. The molecule has 11 heteroatoms. The van der Waals surface area contributed by atoms with Crippen LogP contribution in [0.3, 0.4) is 0 Å². The fraction of sp³-hybridized carbons (Fsp3) is 0.158. The minimum atomic E-state index is -3.26. The Labute approximate surface area is 170 Å². The summed E-state index contributed by atoms with van der Waals surface area (Å²) in [6.45, 7) is -6.52. The van der Waals surface area contributed by atoms with Gasteiger partial charge in [0.05, 0.1) is 16.1 Å². The molecule has 0 radical (unpaired) electrons. The number of carbonyl (C=O) groups excluding carboxylic acids is 1. The molecule has 3 aromatic rings. The van der Waals surface area contributed by atoms with Crippen LogP contribution >= 0.6 is 11.3 Å². The lowest BCUT2D eigenvalue weighted by atomic mass is 10.1. The fourth-order valence-electron chi connectivity index (χ4n) is 2.75. The van der Waals surface area contributed by atoms with Crippen LogP contribution in [-0.4, -0.2) is 37.3 Å². The summed E-state index contributed by atoms with van der Waals surface area (Å²) in [5.41, 5.74) is 0.0607. The summed E-state index contributed by atoms with van der Waals surface area (Å²) in [5.74, 6) is -2.98. The van der Waals surface area contributed by atoms with Gasteiger partial charge in [0.2, 0.25) is 0 Å². The number of para-hydroxylation sites is 1. The molecule has 3 rings (SSSR count). The van der Waals surface area contributed by atoms with Gasteiger partial charge in [-0.05, 0) is 29.7 Å². The van der Waals surface area contributed by atoms with Gasteiger partial charge in [-0.1, -0.05) is 12.1 Å². The number of fused-ring (bicyclic) bond motifs is 1. The van der Waals surface area contributed by atoms with Crippen LogP contribution in [0.4, 0.5) is 23.2 Å². The first-order valence-corrected chi connectivity index (χ1v) is 9.06. The van der Waals surface area contributed by atoms with Crippen LogP contribution in [0, 0.1) is 0 Å². The lowest BCUT2D eigenvalue weighted by molar-refractivity contribution is -0.0690. The van der Waals surface area contributed by atoms with Crippen molar-refractivity contribution >= 4 is 39.0 Å². The predicted molar refractivity (Wildman–Crippen MR) is 101 cm³/mol. The number of carbonyl (C=O) groups is 2. The minimum Gasteiger partial charge on any atom is -0.478 e. The maximum Gasteiger partial charge on any atom is 0.387 e. The molecule has 0 fully saturated rings. The van der Waals surface area contributed by atoms with E-state index in [1.807, 2.05) is 0 Å². The van der Waals surface area contributed by atoms with Gasteiger partial charge in [0.25, 0.3) is 5.91 Å². The lowest BCUT2D eigenvalue weighted by Crippen LogP contribution is -2.27. The molecule has 1 aromatic heterocycles. The summed E-state index contributed by atoms with van der Waals surface area (Å²) in [4.78, 5) is 25.5. The second-order valence-corrected chi connectivity index (χ2v) is 6.97. The Kier molecular flexibility index (Phi) is 6.11. The fourth-order valence-corrected chi connectivity index (χ4v) is 3.80. The van der Waals surface area contributed by atoms with Crippen molar-refractivity contribution in [1.82, 2.24) is 0 Å². The molecule has 6 nitrogen and oxygen atoms in total. The number of hydrogen-bond acceptors (Lipinski definition) is 5. The van der Waals surface area contributed by atoms with Gasteiger partial charge in [-0.3, -0.25) is 4.79 Å². The van der Waals surface area contributed by atoms with Crippen molar-refractivity contribution < 1.29 is 41.7 Å². The molecular weight excluding hydrogens is 430 g/mol. The van der Waals surface area contributed by atoms with Crippen molar-refractivity contribution in [3.8, 4) is 11.5 Å². The third-order valence-electron chi connectivity index (χ3n) is 4.03. The number of benzene rings is 2. The highest BCUT2D eigenvalue weighted by Gasteiger charge is 2.23. The summed E-state index contributed by atoms with van der Waals surface area (Å²) in [5, 5.41) is 9.59. The number of hydrogen-bond donors (Lipinski definition) is 1. The highest BCUT2D eigenvalue weighted by Crippen LogP contribution is 2.38. The van der Waals surface area contributed by atoms with E-state index in [1.54, 1.807) is 6.07 Å². The Hall–Kier alpha value is -3.34. The first-order chi connectivity index (χ1) is 14.2. The van der Waals surface area contributed by atoms with Crippen LogP contribution in [0.25, 0.3) is 10.1 Å². The zero-order valence-corrected chi connectivity index (χ0v) is 16.0. The van der Waals surface area contributed by atoms with Gasteiger partial charge in [0, 0.05) is 17.8 Å². The predicted octanol–water partition coefficient (Wildman–Crippen LogP) is 5.08. The standard InChI is InChI=1S/C19H13F4NO5S/c1-24(11-5-3-2-4-10(11)17(26)27)16(25)15-7-9-6-12(28-18(20)21)13(29-19(22)23)8-14(9)30-15/h2-8,18-19H,1H3,(H,26,27). The van der Waals surface area contributed by atoms with E-state index in [0.29, 0.717) is 10.1 Å². The Bertz CT molecular complexity index is 1050. The van der Waals surface area contributed by atoms with Crippen molar-refractivity contribution in [2.45, 2.75) is 13.2 Å². The molecule has 2 aromatic carbocycles. The van der Waals surface area contributed by atoms with Crippen LogP contribution in [-0.2, 0) is 0 Å². The molecule has 0 aliphatic heterocycles. The molecule has 158 valence electrons. The normalized spacial score (nSPS) is 11.2. The smallest absolute Gasteiger partial charge is 0.387 e. The zero-order chi connectivity index (χ0) is 22.0. The number of carboxylic acid groups (broad SMARTS) is 1. The van der Waals surface area contributed by atoms with E-state index in [1.165, 1.54) is 31.3 Å². The second kappa shape index (κ2) is 8.57. The highest BCUT2D eigenvalue weighted by molar-refractivity contribution is 7.21. The number of ether oxygens (including phenoxy) is 2. The van der Waals surface area contributed by atoms with E-state index in [0.717, 1.165) is 28.4 Å². The monoisotopic (exact) mass is 443 g/mol. The number of rotatable bonds is 7. The molecule has 0 saturated heterocycles. The number of anilines is 1.